The minimum absolute atomic E-state index is 0.0793. The van der Waals surface area contributed by atoms with E-state index in [0.29, 0.717) is 12.3 Å². The lowest BCUT2D eigenvalue weighted by molar-refractivity contribution is 0.125. The average Bonchev–Trinajstić information content (AvgIpc) is 2.97. The van der Waals surface area contributed by atoms with Gasteiger partial charge < -0.3 is 4.74 Å². The zero-order chi connectivity index (χ0) is 19.5. The first-order valence-corrected chi connectivity index (χ1v) is 11.7. The van der Waals surface area contributed by atoms with Gasteiger partial charge in [-0.05, 0) is 24.7 Å². The van der Waals surface area contributed by atoms with E-state index in [-0.39, 0.29) is 22.7 Å². The Hall–Kier alpha value is -1.40. The lowest BCUT2D eigenvalue weighted by Gasteiger charge is -2.22. The van der Waals surface area contributed by atoms with Crippen LogP contribution in [0.15, 0.2) is 42.5 Å². The number of nitrogens with zero attached hydrogens (tertiary/aromatic N) is 1. The van der Waals surface area contributed by atoms with E-state index in [0.717, 1.165) is 24.8 Å². The summed E-state index contributed by atoms with van der Waals surface area (Å²) < 4.78 is 5.80. The summed E-state index contributed by atoms with van der Waals surface area (Å²) in [4.78, 5) is 25.7. The Morgan fingerprint density at radius 3 is 2.70 bits per heavy atom. The normalized spacial score (nSPS) is 19.6. The molecule has 6 heteroatoms. The maximum Gasteiger partial charge on any atom is 0.411 e. The second-order valence-electron chi connectivity index (χ2n) is 6.57. The molecule has 0 radical (unpaired) electrons. The molecule has 0 N–H and O–H groups in total. The van der Waals surface area contributed by atoms with E-state index in [2.05, 4.69) is 6.92 Å². The average molecular weight is 408 g/mol. The summed E-state index contributed by atoms with van der Waals surface area (Å²) in [5, 5.41) is 0. The number of carbonyl (C=O) groups is 2. The third kappa shape index (κ3) is 7.26. The molecule has 2 rings (SSSR count). The molecular formula is C21H29NO3S2. The maximum atomic E-state index is 12.5. The van der Waals surface area contributed by atoms with Crippen molar-refractivity contribution in [2.24, 2.45) is 0 Å². The van der Waals surface area contributed by atoms with Crippen LogP contribution in [-0.2, 0) is 11.3 Å². The second-order valence-corrected chi connectivity index (χ2v) is 8.60. The Kier molecular flexibility index (Phi) is 9.84. The van der Waals surface area contributed by atoms with Crippen molar-refractivity contribution in [2.45, 2.75) is 57.7 Å². The number of ether oxygens (including phenoxy) is 1. The number of benzene rings is 1. The summed E-state index contributed by atoms with van der Waals surface area (Å²) in [5.41, 5.74) is 1.09. The lowest BCUT2D eigenvalue weighted by Crippen LogP contribution is -2.34. The molecule has 1 aromatic carbocycles. The van der Waals surface area contributed by atoms with Crippen LogP contribution in [0.4, 0.5) is 9.59 Å². The molecule has 4 nitrogen and oxygen atoms in total. The Bertz CT molecular complexity index is 621. The fraction of sp³-hybridized carbons (Fsp3) is 0.524. The molecular weight excluding hydrogens is 378 g/mol. The highest BCUT2D eigenvalue weighted by molar-refractivity contribution is 8.38. The predicted molar refractivity (Wildman–Crippen MR) is 115 cm³/mol. The number of amides is 1. The molecule has 2 atom stereocenters. The molecule has 0 unspecified atom stereocenters. The third-order valence-electron chi connectivity index (χ3n) is 4.56. The molecule has 0 bridgehead atoms. The minimum Gasteiger partial charge on any atom is -0.444 e. The molecule has 1 amide bonds. The number of carbonyl (C=O) groups excluding carboxylic acids is 2. The van der Waals surface area contributed by atoms with Crippen LogP contribution in [0, 0.1) is 0 Å². The van der Waals surface area contributed by atoms with Gasteiger partial charge in [0.05, 0.1) is 6.04 Å². The van der Waals surface area contributed by atoms with Gasteiger partial charge >= 0.3 is 6.09 Å². The SMILES string of the molecule is CCCCCC[C@@H]1OC(=O)N(Cc2ccccc2)[C@H]1/C=C/CSC(=O)SC. The Morgan fingerprint density at radius 2 is 2.00 bits per heavy atom. The summed E-state index contributed by atoms with van der Waals surface area (Å²) in [7, 11) is 0. The Morgan fingerprint density at radius 1 is 1.22 bits per heavy atom. The molecule has 0 spiro atoms. The van der Waals surface area contributed by atoms with Crippen molar-refractivity contribution in [3.8, 4) is 0 Å². The topological polar surface area (TPSA) is 46.6 Å². The second kappa shape index (κ2) is 12.1. The highest BCUT2D eigenvalue weighted by Crippen LogP contribution is 2.27. The van der Waals surface area contributed by atoms with Crippen molar-refractivity contribution >= 4 is 34.1 Å². The van der Waals surface area contributed by atoms with Crippen molar-refractivity contribution in [3.05, 3.63) is 48.0 Å². The zero-order valence-corrected chi connectivity index (χ0v) is 17.8. The smallest absolute Gasteiger partial charge is 0.411 e. The van der Waals surface area contributed by atoms with Crippen LogP contribution < -0.4 is 0 Å². The lowest BCUT2D eigenvalue weighted by atomic mass is 10.0. The molecule has 1 aliphatic heterocycles. The molecule has 148 valence electrons. The van der Waals surface area contributed by atoms with Gasteiger partial charge in [-0.15, -0.1) is 0 Å². The van der Waals surface area contributed by atoms with E-state index in [9.17, 15) is 9.59 Å². The van der Waals surface area contributed by atoms with Crippen LogP contribution in [0.2, 0.25) is 0 Å². The van der Waals surface area contributed by atoms with E-state index in [4.69, 9.17) is 4.74 Å². The van der Waals surface area contributed by atoms with E-state index in [1.807, 2.05) is 42.5 Å². The van der Waals surface area contributed by atoms with Gasteiger partial charge in [0.2, 0.25) is 4.45 Å². The van der Waals surface area contributed by atoms with Crippen molar-refractivity contribution in [1.29, 1.82) is 0 Å². The van der Waals surface area contributed by atoms with Gasteiger partial charge in [0, 0.05) is 12.3 Å². The van der Waals surface area contributed by atoms with Crippen LogP contribution in [0.1, 0.15) is 44.6 Å². The van der Waals surface area contributed by atoms with Gasteiger partial charge in [-0.1, -0.05) is 92.2 Å². The minimum atomic E-state index is -0.248. The van der Waals surface area contributed by atoms with Crippen molar-refractivity contribution in [1.82, 2.24) is 4.90 Å². The quantitative estimate of drug-likeness (QED) is 0.345. The van der Waals surface area contributed by atoms with E-state index < -0.39 is 0 Å². The molecule has 1 fully saturated rings. The van der Waals surface area contributed by atoms with Crippen LogP contribution in [0.25, 0.3) is 0 Å². The first-order valence-electron chi connectivity index (χ1n) is 9.54. The number of hydrogen-bond donors (Lipinski definition) is 0. The molecule has 0 aliphatic carbocycles. The first-order chi connectivity index (χ1) is 13.2. The van der Waals surface area contributed by atoms with Gasteiger partial charge in [-0.25, -0.2) is 4.79 Å². The molecule has 1 aliphatic rings. The first kappa shape index (κ1) is 21.9. The van der Waals surface area contributed by atoms with Crippen molar-refractivity contribution < 1.29 is 14.3 Å². The molecule has 1 heterocycles. The van der Waals surface area contributed by atoms with Gasteiger partial charge in [-0.2, -0.15) is 0 Å². The molecule has 1 saturated heterocycles. The highest BCUT2D eigenvalue weighted by atomic mass is 32.2. The number of hydrogen-bond acceptors (Lipinski definition) is 5. The van der Waals surface area contributed by atoms with E-state index in [1.165, 1.54) is 36.4 Å². The van der Waals surface area contributed by atoms with Crippen molar-refractivity contribution in [3.63, 3.8) is 0 Å². The number of cyclic esters (lactones) is 1. The summed E-state index contributed by atoms with van der Waals surface area (Å²) in [6.07, 6.45) is 11.0. The Balaban J connectivity index is 2.03. The number of thioether (sulfide) groups is 2. The number of rotatable bonds is 10. The summed E-state index contributed by atoms with van der Waals surface area (Å²) in [6.45, 7) is 2.73. The standard InChI is InChI=1S/C21H29NO3S2/c1-3-4-5-9-14-19-18(13-10-15-27-21(24)26-2)22(20(23)25-19)16-17-11-7-6-8-12-17/h6-8,10-13,18-19H,3-5,9,14-16H2,1-2H3/b13-10+/t18-,19-/m0/s1. The van der Waals surface area contributed by atoms with Crippen LogP contribution in [0.5, 0.6) is 0 Å². The molecule has 0 aromatic heterocycles. The summed E-state index contributed by atoms with van der Waals surface area (Å²) in [5.74, 6) is 0.617. The van der Waals surface area contributed by atoms with E-state index in [1.54, 1.807) is 11.2 Å². The van der Waals surface area contributed by atoms with Crippen LogP contribution in [-0.4, -0.2) is 39.6 Å². The monoisotopic (exact) mass is 407 g/mol. The molecule has 27 heavy (non-hydrogen) atoms. The molecule has 1 aromatic rings. The number of unbranched alkanes of at least 4 members (excludes halogenated alkanes) is 3. The summed E-state index contributed by atoms with van der Waals surface area (Å²) in [6, 6.07) is 9.90. The van der Waals surface area contributed by atoms with Gasteiger partial charge in [0.25, 0.3) is 0 Å². The van der Waals surface area contributed by atoms with Gasteiger partial charge in [0.15, 0.2) is 0 Å². The highest BCUT2D eigenvalue weighted by Gasteiger charge is 2.39. The van der Waals surface area contributed by atoms with Gasteiger partial charge in [0.1, 0.15) is 6.10 Å². The van der Waals surface area contributed by atoms with Crippen LogP contribution in [0.3, 0.4) is 0 Å². The van der Waals surface area contributed by atoms with Crippen molar-refractivity contribution in [2.75, 3.05) is 12.0 Å². The van der Waals surface area contributed by atoms with E-state index >= 15 is 0 Å². The zero-order valence-electron chi connectivity index (χ0n) is 16.1. The fourth-order valence-electron chi connectivity index (χ4n) is 3.14. The van der Waals surface area contributed by atoms with Crippen LogP contribution >= 0.6 is 23.5 Å². The molecule has 0 saturated carbocycles. The summed E-state index contributed by atoms with van der Waals surface area (Å²) >= 11 is 2.51. The third-order valence-corrected chi connectivity index (χ3v) is 6.34. The fourth-order valence-corrected chi connectivity index (χ4v) is 4.16. The maximum absolute atomic E-state index is 12.5. The Labute approximate surface area is 171 Å². The van der Waals surface area contributed by atoms with Gasteiger partial charge in [-0.3, -0.25) is 9.69 Å². The predicted octanol–water partition coefficient (Wildman–Crippen LogP) is 6.12. The largest absolute Gasteiger partial charge is 0.444 e.